The van der Waals surface area contributed by atoms with Crippen LogP contribution in [0, 0.1) is 5.92 Å². The molecule has 1 heterocycles. The van der Waals surface area contributed by atoms with Crippen molar-refractivity contribution in [2.45, 2.75) is 32.7 Å². The normalized spacial score (nSPS) is 19.5. The number of benzene rings is 1. The molecule has 0 bridgehead atoms. The molecule has 1 unspecified atom stereocenters. The van der Waals surface area contributed by atoms with Gasteiger partial charge in [0.15, 0.2) is 0 Å². The molecule has 1 aromatic carbocycles. The molecule has 0 radical (unpaired) electrons. The maximum Gasteiger partial charge on any atom is 0.233 e. The molecule has 2 amide bonds. The molecule has 1 aromatic rings. The van der Waals surface area contributed by atoms with Gasteiger partial charge in [-0.1, -0.05) is 6.07 Å². The van der Waals surface area contributed by atoms with E-state index in [0.29, 0.717) is 17.7 Å². The summed E-state index contributed by atoms with van der Waals surface area (Å²) in [5, 5.41) is 9.79. The first kappa shape index (κ1) is 13.4. The third kappa shape index (κ3) is 2.54. The molecule has 1 fully saturated rings. The standard InChI is InChI=1S/C14H18N2O3/c1-8(2)16-13(18)6-10(14(16)19)5-9-3-4-11(15)7-12(9)17/h3-4,7-8,10,17H,5-6,15H2,1-2H3. The molecular weight excluding hydrogens is 244 g/mol. The summed E-state index contributed by atoms with van der Waals surface area (Å²) in [6.07, 6.45) is 0.570. The number of anilines is 1. The highest BCUT2D eigenvalue weighted by atomic mass is 16.3. The lowest BCUT2D eigenvalue weighted by molar-refractivity contribution is -0.141. The van der Waals surface area contributed by atoms with Crippen molar-refractivity contribution in [1.82, 2.24) is 4.90 Å². The minimum absolute atomic E-state index is 0.0724. The number of rotatable bonds is 3. The summed E-state index contributed by atoms with van der Waals surface area (Å²) in [5.41, 5.74) is 6.67. The Hall–Kier alpha value is -2.04. The van der Waals surface area contributed by atoms with Gasteiger partial charge in [0.2, 0.25) is 11.8 Å². The monoisotopic (exact) mass is 262 g/mol. The molecule has 3 N–H and O–H groups in total. The molecule has 0 aliphatic carbocycles. The van der Waals surface area contributed by atoms with Crippen molar-refractivity contribution < 1.29 is 14.7 Å². The molecule has 1 saturated heterocycles. The Labute approximate surface area is 112 Å². The highest BCUT2D eigenvalue weighted by molar-refractivity contribution is 6.03. The molecule has 0 saturated carbocycles. The first-order valence-electron chi connectivity index (χ1n) is 6.33. The Morgan fingerprint density at radius 3 is 2.63 bits per heavy atom. The van der Waals surface area contributed by atoms with E-state index in [-0.39, 0.29) is 35.9 Å². The van der Waals surface area contributed by atoms with Crippen LogP contribution in [0.25, 0.3) is 0 Å². The maximum atomic E-state index is 12.1. The number of hydrogen-bond acceptors (Lipinski definition) is 4. The fourth-order valence-corrected chi connectivity index (χ4v) is 2.44. The zero-order valence-electron chi connectivity index (χ0n) is 11.1. The van der Waals surface area contributed by atoms with Gasteiger partial charge in [0.25, 0.3) is 0 Å². The fourth-order valence-electron chi connectivity index (χ4n) is 2.44. The van der Waals surface area contributed by atoms with Gasteiger partial charge in [0.05, 0.1) is 5.92 Å². The lowest BCUT2D eigenvalue weighted by Crippen LogP contribution is -2.36. The summed E-state index contributed by atoms with van der Waals surface area (Å²) in [6, 6.07) is 4.71. The zero-order valence-corrected chi connectivity index (χ0v) is 11.1. The first-order chi connectivity index (χ1) is 8.90. The number of phenols is 1. The van der Waals surface area contributed by atoms with Gasteiger partial charge in [-0.15, -0.1) is 0 Å². The summed E-state index contributed by atoms with van der Waals surface area (Å²) in [4.78, 5) is 25.2. The molecule has 2 rings (SSSR count). The van der Waals surface area contributed by atoms with Crippen LogP contribution in [0.5, 0.6) is 5.75 Å². The number of imide groups is 1. The van der Waals surface area contributed by atoms with E-state index >= 15 is 0 Å². The Balaban J connectivity index is 2.16. The number of nitrogen functional groups attached to an aromatic ring is 1. The van der Waals surface area contributed by atoms with Crippen LogP contribution in [-0.2, 0) is 16.0 Å². The largest absolute Gasteiger partial charge is 0.508 e. The molecule has 1 atom stereocenters. The average Bonchev–Trinajstić information content (AvgIpc) is 2.58. The topological polar surface area (TPSA) is 83.6 Å². The van der Waals surface area contributed by atoms with E-state index in [9.17, 15) is 14.7 Å². The third-order valence-corrected chi connectivity index (χ3v) is 3.37. The van der Waals surface area contributed by atoms with Crippen LogP contribution in [0.1, 0.15) is 25.8 Å². The Bertz CT molecular complexity index is 525. The van der Waals surface area contributed by atoms with Crippen molar-refractivity contribution in [3.63, 3.8) is 0 Å². The number of carbonyl (C=O) groups is 2. The maximum absolute atomic E-state index is 12.1. The van der Waals surface area contributed by atoms with Crippen molar-refractivity contribution in [1.29, 1.82) is 0 Å². The number of nitrogens with two attached hydrogens (primary N) is 1. The van der Waals surface area contributed by atoms with Gasteiger partial charge < -0.3 is 10.8 Å². The second-order valence-electron chi connectivity index (χ2n) is 5.19. The number of carbonyl (C=O) groups excluding carboxylic acids is 2. The minimum atomic E-state index is -0.385. The third-order valence-electron chi connectivity index (χ3n) is 3.37. The van der Waals surface area contributed by atoms with Crippen LogP contribution in [0.4, 0.5) is 5.69 Å². The van der Waals surface area contributed by atoms with E-state index in [4.69, 9.17) is 5.73 Å². The van der Waals surface area contributed by atoms with Crippen LogP contribution < -0.4 is 5.73 Å². The van der Waals surface area contributed by atoms with E-state index < -0.39 is 0 Å². The van der Waals surface area contributed by atoms with Gasteiger partial charge in [-0.3, -0.25) is 14.5 Å². The van der Waals surface area contributed by atoms with E-state index in [1.807, 2.05) is 13.8 Å². The number of hydrogen-bond donors (Lipinski definition) is 2. The summed E-state index contributed by atoms with van der Waals surface area (Å²) >= 11 is 0. The molecule has 1 aliphatic heterocycles. The first-order valence-corrected chi connectivity index (χ1v) is 6.33. The van der Waals surface area contributed by atoms with E-state index in [0.717, 1.165) is 0 Å². The highest BCUT2D eigenvalue weighted by Gasteiger charge is 2.39. The van der Waals surface area contributed by atoms with Crippen molar-refractivity contribution in [3.05, 3.63) is 23.8 Å². The molecule has 0 aromatic heterocycles. The summed E-state index contributed by atoms with van der Waals surface area (Å²) in [6.45, 7) is 3.64. The number of aromatic hydroxyl groups is 1. The predicted octanol–water partition coefficient (Wildman–Crippen LogP) is 1.30. The average molecular weight is 262 g/mol. The number of nitrogens with zero attached hydrogens (tertiary/aromatic N) is 1. The van der Waals surface area contributed by atoms with Gasteiger partial charge >= 0.3 is 0 Å². The van der Waals surface area contributed by atoms with Gasteiger partial charge in [-0.2, -0.15) is 0 Å². The minimum Gasteiger partial charge on any atom is -0.508 e. The van der Waals surface area contributed by atoms with Crippen LogP contribution in [0.2, 0.25) is 0 Å². The van der Waals surface area contributed by atoms with Gasteiger partial charge in [0.1, 0.15) is 5.75 Å². The van der Waals surface area contributed by atoms with Crippen molar-refractivity contribution in [3.8, 4) is 5.75 Å². The van der Waals surface area contributed by atoms with Gasteiger partial charge in [0, 0.05) is 24.2 Å². The number of phenolic OH excluding ortho intramolecular Hbond substituents is 1. The lowest BCUT2D eigenvalue weighted by atomic mass is 9.97. The highest BCUT2D eigenvalue weighted by Crippen LogP contribution is 2.29. The quantitative estimate of drug-likeness (QED) is 0.635. The van der Waals surface area contributed by atoms with E-state index in [2.05, 4.69) is 0 Å². The van der Waals surface area contributed by atoms with Crippen LogP contribution in [-0.4, -0.2) is 27.9 Å². The van der Waals surface area contributed by atoms with Gasteiger partial charge in [-0.05, 0) is 31.9 Å². The zero-order chi connectivity index (χ0) is 14.2. The van der Waals surface area contributed by atoms with Crippen molar-refractivity contribution >= 4 is 17.5 Å². The second-order valence-corrected chi connectivity index (χ2v) is 5.19. The Morgan fingerprint density at radius 2 is 2.11 bits per heavy atom. The van der Waals surface area contributed by atoms with Crippen LogP contribution in [0.3, 0.4) is 0 Å². The van der Waals surface area contributed by atoms with Gasteiger partial charge in [-0.25, -0.2) is 0 Å². The number of likely N-dealkylation sites (tertiary alicyclic amines) is 1. The SMILES string of the molecule is CC(C)N1C(=O)CC(Cc2ccc(N)cc2O)C1=O. The fraction of sp³-hybridized carbons (Fsp3) is 0.429. The number of amides is 2. The summed E-state index contributed by atoms with van der Waals surface area (Å²) in [7, 11) is 0. The van der Waals surface area contributed by atoms with Crippen LogP contribution >= 0.6 is 0 Å². The molecule has 5 heteroatoms. The van der Waals surface area contributed by atoms with E-state index in [1.165, 1.54) is 11.0 Å². The molecule has 102 valence electrons. The molecule has 1 aliphatic rings. The molecule has 5 nitrogen and oxygen atoms in total. The molecular formula is C14H18N2O3. The molecule has 19 heavy (non-hydrogen) atoms. The second kappa shape index (κ2) is 4.91. The predicted molar refractivity (Wildman–Crippen MR) is 71.3 cm³/mol. The molecule has 0 spiro atoms. The summed E-state index contributed by atoms with van der Waals surface area (Å²) in [5.74, 6) is -0.608. The Morgan fingerprint density at radius 1 is 1.42 bits per heavy atom. The van der Waals surface area contributed by atoms with Crippen molar-refractivity contribution in [2.24, 2.45) is 5.92 Å². The lowest BCUT2D eigenvalue weighted by Gasteiger charge is -2.19. The van der Waals surface area contributed by atoms with Crippen molar-refractivity contribution in [2.75, 3.05) is 5.73 Å². The van der Waals surface area contributed by atoms with Crippen LogP contribution in [0.15, 0.2) is 18.2 Å². The Kier molecular flexibility index (Phi) is 3.46. The summed E-state index contributed by atoms with van der Waals surface area (Å²) < 4.78 is 0. The van der Waals surface area contributed by atoms with E-state index in [1.54, 1.807) is 12.1 Å². The smallest absolute Gasteiger partial charge is 0.233 e.